The van der Waals surface area contributed by atoms with Gasteiger partial charge in [-0.25, -0.2) is 0 Å². The molecule has 1 nitrogen and oxygen atoms in total. The minimum atomic E-state index is 0.932. The zero-order valence-electron chi connectivity index (χ0n) is 9.54. The Morgan fingerprint density at radius 2 is 1.86 bits per heavy atom. The molecule has 0 saturated carbocycles. The topological polar surface area (TPSA) is 12.4 Å². The highest BCUT2D eigenvalue weighted by atomic mass is 14.7. The molecule has 0 spiro atoms. The lowest BCUT2D eigenvalue weighted by Gasteiger charge is -2.01. The number of hydrogen-bond donors (Lipinski definition) is 0. The van der Waals surface area contributed by atoms with Crippen LogP contribution in [0.2, 0.25) is 0 Å². The Bertz CT molecular complexity index is 301. The zero-order valence-corrected chi connectivity index (χ0v) is 9.54. The maximum Gasteiger partial charge on any atom is 0.0658 e. The van der Waals surface area contributed by atoms with E-state index in [1.165, 1.54) is 5.57 Å². The highest BCUT2D eigenvalue weighted by Gasteiger charge is 1.95. The molecule has 14 heavy (non-hydrogen) atoms. The lowest BCUT2D eigenvalue weighted by Crippen LogP contribution is -1.88. The third-order valence-corrected chi connectivity index (χ3v) is 1.88. The van der Waals surface area contributed by atoms with E-state index >= 15 is 0 Å². The van der Waals surface area contributed by atoms with E-state index in [0.717, 1.165) is 11.4 Å². The smallest absolute Gasteiger partial charge is 0.0658 e. The minimum Gasteiger partial charge on any atom is -0.254 e. The van der Waals surface area contributed by atoms with Gasteiger partial charge < -0.3 is 0 Å². The normalized spacial score (nSPS) is 15.0. The van der Waals surface area contributed by atoms with Crippen molar-refractivity contribution in [3.8, 4) is 0 Å². The van der Waals surface area contributed by atoms with Gasteiger partial charge in [0, 0.05) is 5.71 Å². The molecule has 0 aromatic heterocycles. The second-order valence-electron chi connectivity index (χ2n) is 3.01. The van der Waals surface area contributed by atoms with Crippen molar-refractivity contribution in [1.82, 2.24) is 0 Å². The van der Waals surface area contributed by atoms with Crippen molar-refractivity contribution in [2.24, 2.45) is 4.99 Å². The first-order chi connectivity index (χ1) is 6.65. The van der Waals surface area contributed by atoms with Crippen LogP contribution in [0, 0.1) is 0 Å². The molecule has 0 saturated heterocycles. The predicted molar refractivity (Wildman–Crippen MR) is 65.6 cm³/mol. The van der Waals surface area contributed by atoms with Crippen LogP contribution in [0.15, 0.2) is 53.2 Å². The summed E-state index contributed by atoms with van der Waals surface area (Å²) < 4.78 is 0. The quantitative estimate of drug-likeness (QED) is 0.467. The summed E-state index contributed by atoms with van der Waals surface area (Å²) in [4.78, 5) is 4.44. The Labute approximate surface area is 87.3 Å². The molecule has 0 aromatic carbocycles. The molecule has 76 valence electrons. The van der Waals surface area contributed by atoms with E-state index in [0.29, 0.717) is 0 Å². The fraction of sp³-hybridized carbons (Fsp3) is 0.308. The van der Waals surface area contributed by atoms with Crippen molar-refractivity contribution >= 4 is 5.71 Å². The number of nitrogens with zero attached hydrogens (tertiary/aromatic N) is 1. The standard InChI is InChI=1S/C13H19N/c1-6-9-10-13(11(4)7-2)14-12(5)8-3/h6-10H,3H2,1-2,4-5H3/b9-6-,11-7-,13-10+,14-12?. The van der Waals surface area contributed by atoms with Gasteiger partial charge in [0.25, 0.3) is 0 Å². The number of rotatable bonds is 4. The van der Waals surface area contributed by atoms with Crippen LogP contribution >= 0.6 is 0 Å². The Hall–Kier alpha value is -1.37. The first-order valence-electron chi connectivity index (χ1n) is 4.79. The monoisotopic (exact) mass is 189 g/mol. The summed E-state index contributed by atoms with van der Waals surface area (Å²) in [7, 11) is 0. The summed E-state index contributed by atoms with van der Waals surface area (Å²) in [6, 6.07) is 0. The van der Waals surface area contributed by atoms with Gasteiger partial charge in [-0.1, -0.05) is 24.8 Å². The molecule has 0 amide bonds. The zero-order chi connectivity index (χ0) is 11.0. The molecule has 0 radical (unpaired) electrons. The highest BCUT2D eigenvalue weighted by molar-refractivity contribution is 5.93. The first-order valence-corrected chi connectivity index (χ1v) is 4.79. The fourth-order valence-electron chi connectivity index (χ4n) is 0.828. The van der Waals surface area contributed by atoms with Crippen molar-refractivity contribution < 1.29 is 0 Å². The molecule has 0 atom stereocenters. The number of allylic oxidation sites excluding steroid dienone is 6. The van der Waals surface area contributed by atoms with E-state index in [1.54, 1.807) is 6.08 Å². The van der Waals surface area contributed by atoms with Crippen LogP contribution in [-0.4, -0.2) is 5.71 Å². The first kappa shape index (κ1) is 12.6. The largest absolute Gasteiger partial charge is 0.254 e. The maximum absolute atomic E-state index is 4.44. The van der Waals surface area contributed by atoms with E-state index in [-0.39, 0.29) is 0 Å². The van der Waals surface area contributed by atoms with Gasteiger partial charge in [0.1, 0.15) is 0 Å². The molecule has 1 heteroatoms. The molecular formula is C13H19N. The van der Waals surface area contributed by atoms with Gasteiger partial charge in [0.15, 0.2) is 0 Å². The average molecular weight is 189 g/mol. The minimum absolute atomic E-state index is 0.932. The number of aliphatic imine (C=N–C) groups is 1. The van der Waals surface area contributed by atoms with Gasteiger partial charge in [0.05, 0.1) is 5.70 Å². The van der Waals surface area contributed by atoms with E-state index in [4.69, 9.17) is 0 Å². The third kappa shape index (κ3) is 4.61. The van der Waals surface area contributed by atoms with Crippen LogP contribution in [-0.2, 0) is 0 Å². The van der Waals surface area contributed by atoms with Gasteiger partial charge in [0.2, 0.25) is 0 Å². The molecule has 0 fully saturated rings. The van der Waals surface area contributed by atoms with Crippen LogP contribution in [0.25, 0.3) is 0 Å². The second-order valence-corrected chi connectivity index (χ2v) is 3.01. The summed E-state index contributed by atoms with van der Waals surface area (Å²) in [5, 5.41) is 0. The molecule has 0 bridgehead atoms. The lowest BCUT2D eigenvalue weighted by molar-refractivity contribution is 1.27. The molecule has 0 aliphatic carbocycles. The fourth-order valence-corrected chi connectivity index (χ4v) is 0.828. The van der Waals surface area contributed by atoms with Crippen molar-refractivity contribution in [3.63, 3.8) is 0 Å². The Kier molecular flexibility index (Phi) is 6.38. The Morgan fingerprint density at radius 3 is 2.29 bits per heavy atom. The second kappa shape index (κ2) is 7.07. The van der Waals surface area contributed by atoms with Crippen LogP contribution in [0.5, 0.6) is 0 Å². The maximum atomic E-state index is 4.44. The summed E-state index contributed by atoms with van der Waals surface area (Å²) in [5.74, 6) is 0. The SMILES string of the molecule is C=CC(C)=NC(=C/C=C\C)/C(C)=C\C. The molecule has 0 N–H and O–H groups in total. The molecule has 0 unspecified atom stereocenters. The Morgan fingerprint density at radius 1 is 1.21 bits per heavy atom. The highest BCUT2D eigenvalue weighted by Crippen LogP contribution is 2.11. The van der Waals surface area contributed by atoms with E-state index < -0.39 is 0 Å². The summed E-state index contributed by atoms with van der Waals surface area (Å²) in [6.45, 7) is 11.7. The van der Waals surface area contributed by atoms with Crippen LogP contribution in [0.1, 0.15) is 27.7 Å². The predicted octanol–water partition coefficient (Wildman–Crippen LogP) is 4.06. The average Bonchev–Trinajstić information content (AvgIpc) is 2.22. The van der Waals surface area contributed by atoms with Crippen molar-refractivity contribution in [1.29, 1.82) is 0 Å². The van der Waals surface area contributed by atoms with Crippen molar-refractivity contribution in [2.45, 2.75) is 27.7 Å². The van der Waals surface area contributed by atoms with Gasteiger partial charge in [-0.15, -0.1) is 0 Å². The summed E-state index contributed by atoms with van der Waals surface area (Å²) in [6.07, 6.45) is 9.79. The van der Waals surface area contributed by atoms with Crippen molar-refractivity contribution in [2.75, 3.05) is 0 Å². The van der Waals surface area contributed by atoms with Crippen LogP contribution in [0.3, 0.4) is 0 Å². The lowest BCUT2D eigenvalue weighted by atomic mass is 10.2. The summed E-state index contributed by atoms with van der Waals surface area (Å²) >= 11 is 0. The van der Waals surface area contributed by atoms with E-state index in [1.807, 2.05) is 39.0 Å². The van der Waals surface area contributed by atoms with Gasteiger partial charge in [-0.05, 0) is 45.4 Å². The number of hydrogen-bond acceptors (Lipinski definition) is 1. The molecule has 0 aromatic rings. The van der Waals surface area contributed by atoms with Gasteiger partial charge in [-0.3, -0.25) is 4.99 Å². The Balaban J connectivity index is 5.02. The van der Waals surface area contributed by atoms with Crippen LogP contribution < -0.4 is 0 Å². The molecule has 0 heterocycles. The molecule has 0 rings (SSSR count). The molecular weight excluding hydrogens is 170 g/mol. The van der Waals surface area contributed by atoms with Crippen molar-refractivity contribution in [3.05, 3.63) is 48.2 Å². The molecule has 0 aliphatic heterocycles. The van der Waals surface area contributed by atoms with E-state index in [9.17, 15) is 0 Å². The molecule has 0 aliphatic rings. The van der Waals surface area contributed by atoms with Crippen LogP contribution in [0.4, 0.5) is 0 Å². The summed E-state index contributed by atoms with van der Waals surface area (Å²) in [5.41, 5.74) is 3.09. The third-order valence-electron chi connectivity index (χ3n) is 1.88. The van der Waals surface area contributed by atoms with E-state index in [2.05, 4.69) is 24.6 Å². The van der Waals surface area contributed by atoms with Gasteiger partial charge in [-0.2, -0.15) is 0 Å². The van der Waals surface area contributed by atoms with Gasteiger partial charge >= 0.3 is 0 Å².